The largest absolute Gasteiger partial charge is 0.367 e. The number of benzene rings is 1. The zero-order valence-corrected chi connectivity index (χ0v) is 15.5. The van der Waals surface area contributed by atoms with Crippen LogP contribution in [0.4, 0.5) is 5.69 Å². The number of aryl methyl sites for hydroxylation is 1. The number of piperazine rings is 1. The van der Waals surface area contributed by atoms with E-state index in [1.807, 2.05) is 17.9 Å². The predicted octanol–water partition coefficient (Wildman–Crippen LogP) is 1.73. The number of nitrogens with two attached hydrogens (primary N) is 1. The summed E-state index contributed by atoms with van der Waals surface area (Å²) in [6.45, 7) is 5.43. The van der Waals surface area contributed by atoms with Crippen LogP contribution < -0.4 is 10.6 Å². The van der Waals surface area contributed by atoms with Gasteiger partial charge in [0.15, 0.2) is 0 Å². The van der Waals surface area contributed by atoms with Crippen LogP contribution in [0.5, 0.6) is 0 Å². The Morgan fingerprint density at radius 1 is 1.15 bits per heavy atom. The van der Waals surface area contributed by atoms with Crippen molar-refractivity contribution in [1.29, 1.82) is 0 Å². The summed E-state index contributed by atoms with van der Waals surface area (Å²) in [7, 11) is 0. The number of fused-ring (bicyclic) bond motifs is 1. The van der Waals surface area contributed by atoms with Crippen LogP contribution in [0.2, 0.25) is 0 Å². The zero-order valence-electron chi connectivity index (χ0n) is 15.5. The summed E-state index contributed by atoms with van der Waals surface area (Å²) in [4.78, 5) is 25.0. The van der Waals surface area contributed by atoms with E-state index in [9.17, 15) is 4.79 Å². The van der Waals surface area contributed by atoms with Gasteiger partial charge < -0.3 is 20.1 Å². The number of carbonyl (C=O) groups is 1. The van der Waals surface area contributed by atoms with Crippen molar-refractivity contribution in [3.05, 3.63) is 48.5 Å². The fourth-order valence-electron chi connectivity index (χ4n) is 3.68. The molecule has 7 nitrogen and oxygen atoms in total. The molecule has 3 heterocycles. The highest BCUT2D eigenvalue weighted by molar-refractivity contribution is 5.94. The summed E-state index contributed by atoms with van der Waals surface area (Å²) in [5, 5.41) is 1.19. The van der Waals surface area contributed by atoms with Crippen molar-refractivity contribution in [2.45, 2.75) is 13.3 Å². The topological polar surface area (TPSA) is 80.3 Å². The van der Waals surface area contributed by atoms with Gasteiger partial charge in [-0.25, -0.2) is 9.97 Å². The predicted molar refractivity (Wildman–Crippen MR) is 106 cm³/mol. The third-order valence-electron chi connectivity index (χ3n) is 5.05. The average molecular weight is 364 g/mol. The Kier molecular flexibility index (Phi) is 4.77. The van der Waals surface area contributed by atoms with E-state index in [1.165, 1.54) is 11.1 Å². The first kappa shape index (κ1) is 17.5. The maximum absolute atomic E-state index is 12.1. The van der Waals surface area contributed by atoms with Gasteiger partial charge in [-0.15, -0.1) is 0 Å². The molecule has 0 radical (unpaired) electrons. The molecule has 1 aliphatic heterocycles. The van der Waals surface area contributed by atoms with Crippen molar-refractivity contribution < 1.29 is 4.79 Å². The molecular weight excluding hydrogens is 340 g/mol. The third kappa shape index (κ3) is 3.38. The minimum absolute atomic E-state index is 0.153. The van der Waals surface area contributed by atoms with E-state index in [1.54, 1.807) is 6.20 Å². The molecule has 27 heavy (non-hydrogen) atoms. The molecule has 0 spiro atoms. The van der Waals surface area contributed by atoms with Crippen LogP contribution in [0.3, 0.4) is 0 Å². The fourth-order valence-corrected chi connectivity index (χ4v) is 3.68. The Bertz CT molecular complexity index is 958. The van der Waals surface area contributed by atoms with Crippen LogP contribution in [-0.2, 0) is 4.79 Å². The molecular formula is C20H24N6O. The minimum Gasteiger partial charge on any atom is -0.367 e. The van der Waals surface area contributed by atoms with Crippen molar-refractivity contribution >= 4 is 22.5 Å². The second-order valence-electron chi connectivity index (χ2n) is 6.76. The molecule has 0 saturated carbocycles. The van der Waals surface area contributed by atoms with Gasteiger partial charge in [0.05, 0.1) is 5.52 Å². The molecule has 1 aliphatic rings. The summed E-state index contributed by atoms with van der Waals surface area (Å²) in [5.74, 6) is 1.77. The van der Waals surface area contributed by atoms with Gasteiger partial charge in [0.1, 0.15) is 11.6 Å². The lowest BCUT2D eigenvalue weighted by Gasteiger charge is -2.36. The Balaban J connectivity index is 1.60. The van der Waals surface area contributed by atoms with Crippen molar-refractivity contribution in [2.24, 2.45) is 5.73 Å². The first-order valence-corrected chi connectivity index (χ1v) is 9.30. The van der Waals surface area contributed by atoms with Gasteiger partial charge >= 0.3 is 0 Å². The van der Waals surface area contributed by atoms with Crippen molar-refractivity contribution in [1.82, 2.24) is 19.4 Å². The Morgan fingerprint density at radius 3 is 2.70 bits per heavy atom. The van der Waals surface area contributed by atoms with E-state index in [0.29, 0.717) is 13.0 Å². The van der Waals surface area contributed by atoms with Crippen LogP contribution >= 0.6 is 0 Å². The first-order valence-electron chi connectivity index (χ1n) is 9.30. The lowest BCUT2D eigenvalue weighted by molar-refractivity contribution is -0.131. The number of hydrogen-bond donors (Lipinski definition) is 1. The van der Waals surface area contributed by atoms with E-state index in [-0.39, 0.29) is 5.91 Å². The molecule has 7 heteroatoms. The molecule has 0 atom stereocenters. The SMILES string of the molecule is Cc1nccc(-n2ccc3c(N4CCN(C(=O)CCN)CC4)cccc32)n1. The van der Waals surface area contributed by atoms with E-state index in [2.05, 4.69) is 49.9 Å². The number of amides is 1. The quantitative estimate of drug-likeness (QED) is 0.763. The highest BCUT2D eigenvalue weighted by Crippen LogP contribution is 2.30. The maximum Gasteiger partial charge on any atom is 0.223 e. The molecule has 0 bridgehead atoms. The second kappa shape index (κ2) is 7.36. The summed E-state index contributed by atoms with van der Waals surface area (Å²) < 4.78 is 2.09. The molecule has 2 N–H and O–H groups in total. The molecule has 4 rings (SSSR count). The number of aromatic nitrogens is 3. The van der Waals surface area contributed by atoms with E-state index >= 15 is 0 Å². The van der Waals surface area contributed by atoms with Crippen LogP contribution in [-0.4, -0.2) is 58.1 Å². The fraction of sp³-hybridized carbons (Fsp3) is 0.350. The van der Waals surface area contributed by atoms with Gasteiger partial charge in [-0.2, -0.15) is 0 Å². The minimum atomic E-state index is 0.153. The summed E-state index contributed by atoms with van der Waals surface area (Å²) in [6.07, 6.45) is 4.26. The second-order valence-corrected chi connectivity index (χ2v) is 6.76. The van der Waals surface area contributed by atoms with Gasteiger partial charge in [0, 0.05) is 62.6 Å². The molecule has 2 aromatic heterocycles. The van der Waals surface area contributed by atoms with Crippen LogP contribution in [0, 0.1) is 6.92 Å². The van der Waals surface area contributed by atoms with Crippen LogP contribution in [0.25, 0.3) is 16.7 Å². The summed E-state index contributed by atoms with van der Waals surface area (Å²) in [5.41, 5.74) is 7.82. The standard InChI is InChI=1S/C20H24N6O/c1-15-22-9-6-19(23-15)26-10-7-16-17(3-2-4-18(16)26)24-11-13-25(14-12-24)20(27)5-8-21/h2-4,6-7,9-10H,5,8,11-14,21H2,1H3. The van der Waals surface area contributed by atoms with Gasteiger partial charge in [0.2, 0.25) is 5.91 Å². The van der Waals surface area contributed by atoms with Crippen molar-refractivity contribution in [3.8, 4) is 5.82 Å². The monoisotopic (exact) mass is 364 g/mol. The lowest BCUT2D eigenvalue weighted by Crippen LogP contribution is -2.49. The van der Waals surface area contributed by atoms with E-state index < -0.39 is 0 Å². The summed E-state index contributed by atoms with van der Waals surface area (Å²) >= 11 is 0. The molecule has 1 fully saturated rings. The van der Waals surface area contributed by atoms with Crippen molar-refractivity contribution in [2.75, 3.05) is 37.6 Å². The van der Waals surface area contributed by atoms with Crippen LogP contribution in [0.15, 0.2) is 42.7 Å². The van der Waals surface area contributed by atoms with Gasteiger partial charge in [-0.1, -0.05) is 6.07 Å². The molecule has 1 saturated heterocycles. The lowest BCUT2D eigenvalue weighted by atomic mass is 10.1. The molecule has 3 aromatic rings. The number of carbonyl (C=O) groups excluding carboxylic acids is 1. The Morgan fingerprint density at radius 2 is 1.96 bits per heavy atom. The highest BCUT2D eigenvalue weighted by Gasteiger charge is 2.22. The van der Waals surface area contributed by atoms with E-state index in [4.69, 9.17) is 5.73 Å². The summed E-state index contributed by atoms with van der Waals surface area (Å²) in [6, 6.07) is 10.4. The third-order valence-corrected chi connectivity index (χ3v) is 5.05. The number of rotatable bonds is 4. The number of anilines is 1. The van der Waals surface area contributed by atoms with Gasteiger partial charge in [-0.05, 0) is 31.2 Å². The maximum atomic E-state index is 12.1. The molecule has 0 unspecified atom stereocenters. The molecule has 1 amide bonds. The highest BCUT2D eigenvalue weighted by atomic mass is 16.2. The smallest absolute Gasteiger partial charge is 0.223 e. The zero-order chi connectivity index (χ0) is 18.8. The number of hydrogen-bond acceptors (Lipinski definition) is 5. The Hall–Kier alpha value is -2.93. The first-order chi connectivity index (χ1) is 13.2. The van der Waals surface area contributed by atoms with Gasteiger partial charge in [-0.3, -0.25) is 4.79 Å². The van der Waals surface area contributed by atoms with Crippen LogP contribution in [0.1, 0.15) is 12.2 Å². The van der Waals surface area contributed by atoms with Crippen molar-refractivity contribution in [3.63, 3.8) is 0 Å². The Labute approximate surface area is 158 Å². The normalized spacial score (nSPS) is 14.7. The molecule has 1 aromatic carbocycles. The number of nitrogens with zero attached hydrogens (tertiary/aromatic N) is 5. The average Bonchev–Trinajstić information content (AvgIpc) is 3.12. The van der Waals surface area contributed by atoms with E-state index in [0.717, 1.165) is 43.3 Å². The molecule has 0 aliphatic carbocycles. The van der Waals surface area contributed by atoms with Gasteiger partial charge in [0.25, 0.3) is 0 Å². The molecule has 140 valence electrons.